The fourth-order valence-corrected chi connectivity index (χ4v) is 5.84. The molecule has 0 spiro atoms. The minimum absolute atomic E-state index is 0.0769. The molecule has 4 rings (SSSR count). The number of nitrogens with zero attached hydrogens (tertiary/aromatic N) is 1. The summed E-state index contributed by atoms with van der Waals surface area (Å²) in [5.41, 5.74) is 5.72. The number of carbonyl (C=O) groups is 2. The van der Waals surface area contributed by atoms with Crippen molar-refractivity contribution < 1.29 is 14.3 Å². The Bertz CT molecular complexity index is 1580. The quantitative estimate of drug-likeness (QED) is 0.0986. The summed E-state index contributed by atoms with van der Waals surface area (Å²) >= 11 is 0. The summed E-state index contributed by atoms with van der Waals surface area (Å²) in [6.07, 6.45) is 1.04. The smallest absolute Gasteiger partial charge is 0.242 e. The van der Waals surface area contributed by atoms with Gasteiger partial charge in [-0.3, -0.25) is 14.5 Å². The van der Waals surface area contributed by atoms with E-state index in [1.165, 1.54) is 11.1 Å². The molecule has 0 unspecified atom stereocenters. The maximum atomic E-state index is 14.0. The van der Waals surface area contributed by atoms with E-state index in [0.29, 0.717) is 45.0 Å². The van der Waals surface area contributed by atoms with E-state index in [2.05, 4.69) is 91.9 Å². The molecular weight excluding hydrogens is 620 g/mol. The number of benzene rings is 4. The van der Waals surface area contributed by atoms with Crippen molar-refractivity contribution in [3.8, 4) is 5.75 Å². The summed E-state index contributed by atoms with van der Waals surface area (Å²) in [7, 11) is 1.99. The molecule has 266 valence electrons. The number of carbonyl (C=O) groups excluding carboxylic acids is 2. The van der Waals surface area contributed by atoms with Gasteiger partial charge in [-0.15, -0.1) is 0 Å². The summed E-state index contributed by atoms with van der Waals surface area (Å²) in [5.74, 6) is 0.704. The van der Waals surface area contributed by atoms with Crippen LogP contribution in [-0.4, -0.2) is 48.9 Å². The third-order valence-electron chi connectivity index (χ3n) is 8.80. The van der Waals surface area contributed by atoms with E-state index >= 15 is 0 Å². The molecule has 0 fully saturated rings. The zero-order chi connectivity index (χ0) is 35.9. The average molecular weight is 677 g/mol. The van der Waals surface area contributed by atoms with Crippen LogP contribution in [0.2, 0.25) is 0 Å². The zero-order valence-electron chi connectivity index (χ0n) is 30.7. The maximum absolute atomic E-state index is 14.0. The van der Waals surface area contributed by atoms with Crippen molar-refractivity contribution in [1.82, 2.24) is 20.9 Å². The van der Waals surface area contributed by atoms with Crippen LogP contribution in [-0.2, 0) is 41.1 Å². The first-order valence-electron chi connectivity index (χ1n) is 17.9. The van der Waals surface area contributed by atoms with Gasteiger partial charge in [0, 0.05) is 32.6 Å². The minimum Gasteiger partial charge on any atom is -0.489 e. The van der Waals surface area contributed by atoms with Crippen LogP contribution in [0, 0.1) is 5.92 Å². The van der Waals surface area contributed by atoms with Crippen molar-refractivity contribution in [2.45, 2.75) is 84.7 Å². The van der Waals surface area contributed by atoms with Gasteiger partial charge in [-0.1, -0.05) is 132 Å². The van der Waals surface area contributed by atoms with Gasteiger partial charge >= 0.3 is 0 Å². The molecule has 50 heavy (non-hydrogen) atoms. The Morgan fingerprint density at radius 1 is 0.720 bits per heavy atom. The normalized spacial score (nSPS) is 12.8. The van der Waals surface area contributed by atoms with E-state index in [1.807, 2.05) is 79.8 Å². The van der Waals surface area contributed by atoms with Crippen LogP contribution in [0.15, 0.2) is 109 Å². The average Bonchev–Trinajstić information content (AvgIpc) is 3.10. The largest absolute Gasteiger partial charge is 0.489 e. The van der Waals surface area contributed by atoms with Gasteiger partial charge in [-0.25, -0.2) is 0 Å². The van der Waals surface area contributed by atoms with E-state index in [9.17, 15) is 9.59 Å². The number of amides is 2. The molecule has 0 saturated heterocycles. The zero-order valence-corrected chi connectivity index (χ0v) is 30.7. The van der Waals surface area contributed by atoms with E-state index < -0.39 is 12.1 Å². The molecule has 4 aromatic rings. The highest BCUT2D eigenvalue weighted by molar-refractivity contribution is 5.90. The summed E-state index contributed by atoms with van der Waals surface area (Å²) < 4.78 is 5.98. The number of nitrogens with one attached hydrogen (secondary N) is 3. The second-order valence-electron chi connectivity index (χ2n) is 14.6. The Kier molecular flexibility index (Phi) is 14.6. The fourth-order valence-electron chi connectivity index (χ4n) is 5.84. The van der Waals surface area contributed by atoms with Crippen LogP contribution in [0.1, 0.15) is 68.9 Å². The molecule has 0 radical (unpaired) electrons. The van der Waals surface area contributed by atoms with Gasteiger partial charge in [0.2, 0.25) is 11.8 Å². The van der Waals surface area contributed by atoms with E-state index in [4.69, 9.17) is 4.74 Å². The van der Waals surface area contributed by atoms with Gasteiger partial charge in [0.15, 0.2) is 0 Å². The van der Waals surface area contributed by atoms with Crippen molar-refractivity contribution in [3.05, 3.63) is 137 Å². The van der Waals surface area contributed by atoms with Gasteiger partial charge in [-0.2, -0.15) is 0 Å². The lowest BCUT2D eigenvalue weighted by Crippen LogP contribution is -2.54. The second kappa shape index (κ2) is 19.1. The van der Waals surface area contributed by atoms with Gasteiger partial charge < -0.3 is 20.7 Å². The number of ether oxygens (including phenoxy) is 1. The highest BCUT2D eigenvalue weighted by atomic mass is 16.5. The standard InChI is InChI=1S/C43H56N4O3/c1-32(2)27-40(47(6)30-35-17-21-37(22-18-35)43(3,4)5)42(49)46-39(41(48)45-26-25-44-29-34-13-9-7-10-14-34)28-33-19-23-38(24-20-33)50-31-36-15-11-8-12-16-36/h7-24,32,39-40,44H,25-31H2,1-6H3,(H,45,48)(H,46,49)/t39-,40+/m0/s1. The molecule has 7 nitrogen and oxygen atoms in total. The van der Waals surface area contributed by atoms with Gasteiger partial charge in [0.25, 0.3) is 0 Å². The van der Waals surface area contributed by atoms with Crippen LogP contribution < -0.4 is 20.7 Å². The Hall–Kier alpha value is -4.46. The van der Waals surface area contributed by atoms with Gasteiger partial charge in [-0.05, 0) is 64.8 Å². The van der Waals surface area contributed by atoms with Crippen LogP contribution >= 0.6 is 0 Å². The van der Waals surface area contributed by atoms with Crippen molar-refractivity contribution in [3.63, 3.8) is 0 Å². The van der Waals surface area contributed by atoms with Crippen molar-refractivity contribution in [2.24, 2.45) is 5.92 Å². The molecule has 2 atom stereocenters. The SMILES string of the molecule is CC(C)C[C@H](C(=O)N[C@@H](Cc1ccc(OCc2ccccc2)cc1)C(=O)NCCNCc1ccccc1)N(C)Cc1ccc(C(C)(C)C)cc1. The minimum atomic E-state index is -0.734. The summed E-state index contributed by atoms with van der Waals surface area (Å²) in [6.45, 7) is 13.8. The second-order valence-corrected chi connectivity index (χ2v) is 14.6. The van der Waals surface area contributed by atoms with Crippen LogP contribution in [0.4, 0.5) is 0 Å². The molecule has 0 bridgehead atoms. The molecule has 3 N–H and O–H groups in total. The van der Waals surface area contributed by atoms with Crippen molar-refractivity contribution in [2.75, 3.05) is 20.1 Å². The fraction of sp³-hybridized carbons (Fsp3) is 0.395. The molecular formula is C43H56N4O3. The molecule has 0 aliphatic carbocycles. The van der Waals surface area contributed by atoms with Gasteiger partial charge in [0.1, 0.15) is 18.4 Å². The molecule has 0 aromatic heterocycles. The molecule has 0 saturated carbocycles. The van der Waals surface area contributed by atoms with Crippen molar-refractivity contribution in [1.29, 1.82) is 0 Å². The highest BCUT2D eigenvalue weighted by Gasteiger charge is 2.29. The number of hydrogen-bond acceptors (Lipinski definition) is 5. The molecule has 7 heteroatoms. The molecule has 0 aliphatic rings. The Labute approximate surface area is 299 Å². The third kappa shape index (κ3) is 12.8. The monoisotopic (exact) mass is 676 g/mol. The van der Waals surface area contributed by atoms with Gasteiger partial charge in [0.05, 0.1) is 6.04 Å². The Morgan fingerprint density at radius 3 is 1.92 bits per heavy atom. The summed E-state index contributed by atoms with van der Waals surface area (Å²) in [6, 6.07) is 35.5. The Balaban J connectivity index is 1.43. The predicted molar refractivity (Wildman–Crippen MR) is 204 cm³/mol. The molecule has 0 aliphatic heterocycles. The van der Waals surface area contributed by atoms with E-state index in [0.717, 1.165) is 29.0 Å². The third-order valence-corrected chi connectivity index (χ3v) is 8.80. The lowest BCUT2D eigenvalue weighted by atomic mass is 9.86. The lowest BCUT2D eigenvalue weighted by molar-refractivity contribution is -0.132. The lowest BCUT2D eigenvalue weighted by Gasteiger charge is -2.30. The van der Waals surface area contributed by atoms with Crippen LogP contribution in [0.5, 0.6) is 5.75 Å². The highest BCUT2D eigenvalue weighted by Crippen LogP contribution is 2.23. The maximum Gasteiger partial charge on any atom is 0.242 e. The molecule has 4 aromatic carbocycles. The first-order valence-corrected chi connectivity index (χ1v) is 17.9. The summed E-state index contributed by atoms with van der Waals surface area (Å²) in [4.78, 5) is 29.8. The Morgan fingerprint density at radius 2 is 1.32 bits per heavy atom. The van der Waals surface area contributed by atoms with Crippen LogP contribution in [0.25, 0.3) is 0 Å². The topological polar surface area (TPSA) is 82.7 Å². The molecule has 2 amide bonds. The first kappa shape index (κ1) is 38.3. The van der Waals surface area contributed by atoms with Crippen molar-refractivity contribution >= 4 is 11.8 Å². The van der Waals surface area contributed by atoms with E-state index in [1.54, 1.807) is 0 Å². The van der Waals surface area contributed by atoms with E-state index in [-0.39, 0.29) is 17.2 Å². The molecule has 0 heterocycles. The number of hydrogen-bond donors (Lipinski definition) is 3. The van der Waals surface area contributed by atoms with Crippen LogP contribution in [0.3, 0.4) is 0 Å². The number of likely N-dealkylation sites (N-methyl/N-ethyl adjacent to an activating group) is 1. The predicted octanol–water partition coefficient (Wildman–Crippen LogP) is 7.04. The number of rotatable bonds is 18. The first-order chi connectivity index (χ1) is 24.0. The summed E-state index contributed by atoms with van der Waals surface area (Å²) in [5, 5.41) is 9.59.